The normalized spacial score (nSPS) is 11.9. The van der Waals surface area contributed by atoms with Crippen LogP contribution in [-0.2, 0) is 0 Å². The molecule has 3 heterocycles. The Labute approximate surface area is 263 Å². The van der Waals surface area contributed by atoms with Crippen LogP contribution >= 0.6 is 0 Å². The first-order chi connectivity index (χ1) is 22.8. The van der Waals surface area contributed by atoms with E-state index < -0.39 is 0 Å². The number of aromatic nitrogens is 3. The lowest BCUT2D eigenvalue weighted by Crippen LogP contribution is -2.03. The van der Waals surface area contributed by atoms with E-state index in [0.717, 1.165) is 71.6 Å². The number of furan rings is 1. The molecule has 0 aliphatic rings. The maximum atomic E-state index is 6.80. The standard InChI is InChI=1S/C42H25N3O/c1-3-13-26(14-4-1)35-24-36(27-15-5-2-6-16-27)44-42(43-35)45-37-22-12-11-19-30(37)33-23-34-39(25-38(33)45)46-41-32-21-10-8-18-29(32)28-17-7-9-20-31(28)40(34)41/h1-25H. The Morgan fingerprint density at radius 1 is 0.413 bits per heavy atom. The van der Waals surface area contributed by atoms with Crippen molar-refractivity contribution >= 4 is 65.3 Å². The van der Waals surface area contributed by atoms with Crippen LogP contribution in [0.1, 0.15) is 0 Å². The second kappa shape index (κ2) is 9.62. The summed E-state index contributed by atoms with van der Waals surface area (Å²) >= 11 is 0. The molecule has 4 heteroatoms. The molecule has 7 aromatic carbocycles. The topological polar surface area (TPSA) is 43.9 Å². The van der Waals surface area contributed by atoms with Gasteiger partial charge in [0.05, 0.1) is 22.4 Å². The molecule has 0 atom stereocenters. The fourth-order valence-electron chi connectivity index (χ4n) is 7.13. The predicted molar refractivity (Wildman–Crippen MR) is 190 cm³/mol. The maximum absolute atomic E-state index is 6.80. The Bertz CT molecular complexity index is 2740. The first-order valence-corrected chi connectivity index (χ1v) is 15.5. The zero-order valence-corrected chi connectivity index (χ0v) is 24.7. The summed E-state index contributed by atoms with van der Waals surface area (Å²) in [6.45, 7) is 0. The van der Waals surface area contributed by atoms with Gasteiger partial charge in [0.25, 0.3) is 0 Å². The van der Waals surface area contributed by atoms with Gasteiger partial charge in [-0.05, 0) is 34.4 Å². The highest BCUT2D eigenvalue weighted by atomic mass is 16.3. The van der Waals surface area contributed by atoms with E-state index in [0.29, 0.717) is 5.95 Å². The minimum atomic E-state index is 0.623. The first-order valence-electron chi connectivity index (χ1n) is 15.5. The van der Waals surface area contributed by atoms with E-state index in [4.69, 9.17) is 14.4 Å². The van der Waals surface area contributed by atoms with Crippen molar-refractivity contribution in [3.05, 3.63) is 152 Å². The SMILES string of the molecule is c1ccc(-c2cc(-c3ccccc3)nc(-n3c4ccccc4c4cc5c(cc43)oc3c4ccccc4c4ccccc4c53)n2)cc1. The zero-order chi connectivity index (χ0) is 30.2. The zero-order valence-electron chi connectivity index (χ0n) is 24.7. The number of fused-ring (bicyclic) bond motifs is 11. The third-order valence-corrected chi connectivity index (χ3v) is 9.19. The highest BCUT2D eigenvalue weighted by Gasteiger charge is 2.21. The average Bonchev–Trinajstić information content (AvgIpc) is 3.67. The summed E-state index contributed by atoms with van der Waals surface area (Å²) in [4.78, 5) is 10.4. The monoisotopic (exact) mass is 587 g/mol. The summed E-state index contributed by atoms with van der Waals surface area (Å²) in [5.41, 5.74) is 7.65. The summed E-state index contributed by atoms with van der Waals surface area (Å²) in [6, 6.07) is 52.9. The summed E-state index contributed by atoms with van der Waals surface area (Å²) in [5.74, 6) is 0.623. The van der Waals surface area contributed by atoms with Gasteiger partial charge in [-0.2, -0.15) is 0 Å². The lowest BCUT2D eigenvalue weighted by Gasteiger charge is -2.11. The predicted octanol–water partition coefficient (Wildman–Crippen LogP) is 11.1. The van der Waals surface area contributed by atoms with Crippen LogP contribution in [0.25, 0.3) is 93.8 Å². The molecule has 4 nitrogen and oxygen atoms in total. The van der Waals surface area contributed by atoms with Crippen LogP contribution in [0.2, 0.25) is 0 Å². The lowest BCUT2D eigenvalue weighted by molar-refractivity contribution is 0.673. The molecule has 0 aliphatic heterocycles. The van der Waals surface area contributed by atoms with Crippen molar-refractivity contribution in [1.29, 1.82) is 0 Å². The van der Waals surface area contributed by atoms with E-state index in [1.165, 1.54) is 16.2 Å². The van der Waals surface area contributed by atoms with Crippen molar-refractivity contribution in [2.24, 2.45) is 0 Å². The van der Waals surface area contributed by atoms with Crippen molar-refractivity contribution in [3.63, 3.8) is 0 Å². The second-order valence-corrected chi connectivity index (χ2v) is 11.8. The smallest absolute Gasteiger partial charge is 0.235 e. The number of rotatable bonds is 3. The molecular weight excluding hydrogens is 562 g/mol. The van der Waals surface area contributed by atoms with Crippen molar-refractivity contribution in [3.8, 4) is 28.5 Å². The molecule has 0 unspecified atom stereocenters. The molecule has 3 aromatic heterocycles. The Morgan fingerprint density at radius 3 is 1.63 bits per heavy atom. The van der Waals surface area contributed by atoms with Gasteiger partial charge in [0.1, 0.15) is 11.2 Å². The van der Waals surface area contributed by atoms with Crippen LogP contribution in [0, 0.1) is 0 Å². The fourth-order valence-corrected chi connectivity index (χ4v) is 7.13. The first kappa shape index (κ1) is 25.1. The van der Waals surface area contributed by atoms with Gasteiger partial charge in [-0.15, -0.1) is 0 Å². The van der Waals surface area contributed by atoms with Gasteiger partial charge in [-0.25, -0.2) is 9.97 Å². The number of benzene rings is 7. The number of hydrogen-bond acceptors (Lipinski definition) is 3. The van der Waals surface area contributed by atoms with Crippen molar-refractivity contribution in [2.45, 2.75) is 0 Å². The largest absolute Gasteiger partial charge is 0.455 e. The molecule has 10 rings (SSSR count). The average molecular weight is 588 g/mol. The third kappa shape index (κ3) is 3.61. The van der Waals surface area contributed by atoms with Gasteiger partial charge < -0.3 is 4.42 Å². The van der Waals surface area contributed by atoms with Crippen LogP contribution in [0.5, 0.6) is 0 Å². The molecule has 0 saturated heterocycles. The Balaban J connectivity index is 1.33. The number of para-hydroxylation sites is 1. The van der Waals surface area contributed by atoms with Gasteiger partial charge >= 0.3 is 0 Å². The van der Waals surface area contributed by atoms with E-state index in [9.17, 15) is 0 Å². The van der Waals surface area contributed by atoms with Gasteiger partial charge in [0.2, 0.25) is 5.95 Å². The summed E-state index contributed by atoms with van der Waals surface area (Å²) < 4.78 is 8.99. The van der Waals surface area contributed by atoms with Gasteiger partial charge in [0, 0.05) is 44.1 Å². The van der Waals surface area contributed by atoms with Crippen LogP contribution in [0.4, 0.5) is 0 Å². The van der Waals surface area contributed by atoms with E-state index >= 15 is 0 Å². The van der Waals surface area contributed by atoms with Crippen molar-refractivity contribution < 1.29 is 4.42 Å². The van der Waals surface area contributed by atoms with Crippen LogP contribution in [0.3, 0.4) is 0 Å². The van der Waals surface area contributed by atoms with Gasteiger partial charge in [-0.3, -0.25) is 4.57 Å². The maximum Gasteiger partial charge on any atom is 0.235 e. The summed E-state index contributed by atoms with van der Waals surface area (Å²) in [6.07, 6.45) is 0. The van der Waals surface area contributed by atoms with Crippen molar-refractivity contribution in [1.82, 2.24) is 14.5 Å². The second-order valence-electron chi connectivity index (χ2n) is 11.8. The summed E-state index contributed by atoms with van der Waals surface area (Å²) in [7, 11) is 0. The number of nitrogens with zero attached hydrogens (tertiary/aromatic N) is 3. The fraction of sp³-hybridized carbons (Fsp3) is 0. The van der Waals surface area contributed by atoms with E-state index in [1.807, 2.05) is 36.4 Å². The quantitative estimate of drug-likeness (QED) is 0.193. The molecule has 0 N–H and O–H groups in total. The van der Waals surface area contributed by atoms with E-state index in [2.05, 4.69) is 120 Å². The van der Waals surface area contributed by atoms with Crippen LogP contribution < -0.4 is 0 Å². The van der Waals surface area contributed by atoms with Crippen LogP contribution in [0.15, 0.2) is 156 Å². The molecule has 0 fully saturated rings. The Morgan fingerprint density at radius 2 is 0.957 bits per heavy atom. The molecule has 0 bridgehead atoms. The van der Waals surface area contributed by atoms with Crippen LogP contribution in [-0.4, -0.2) is 14.5 Å². The third-order valence-electron chi connectivity index (χ3n) is 9.19. The highest BCUT2D eigenvalue weighted by molar-refractivity contribution is 6.31. The minimum absolute atomic E-state index is 0.623. The molecule has 214 valence electrons. The van der Waals surface area contributed by atoms with E-state index in [1.54, 1.807) is 0 Å². The Kier molecular flexibility index (Phi) is 5.25. The Hall–Kier alpha value is -6.26. The van der Waals surface area contributed by atoms with Crippen molar-refractivity contribution in [2.75, 3.05) is 0 Å². The molecule has 0 saturated carbocycles. The molecular formula is C42H25N3O. The van der Waals surface area contributed by atoms with Gasteiger partial charge in [-0.1, -0.05) is 127 Å². The molecule has 0 spiro atoms. The molecule has 0 aliphatic carbocycles. The number of hydrogen-bond donors (Lipinski definition) is 0. The minimum Gasteiger partial charge on any atom is -0.455 e. The molecule has 0 amide bonds. The summed E-state index contributed by atoms with van der Waals surface area (Å²) in [5, 5.41) is 9.29. The molecule has 46 heavy (non-hydrogen) atoms. The molecule has 10 aromatic rings. The highest BCUT2D eigenvalue weighted by Crippen LogP contribution is 2.43. The lowest BCUT2D eigenvalue weighted by atomic mass is 9.96. The van der Waals surface area contributed by atoms with Gasteiger partial charge in [0.15, 0.2) is 0 Å². The van der Waals surface area contributed by atoms with E-state index in [-0.39, 0.29) is 0 Å². The molecule has 0 radical (unpaired) electrons.